The predicted octanol–water partition coefficient (Wildman–Crippen LogP) is 0.965. The summed E-state index contributed by atoms with van der Waals surface area (Å²) in [6, 6.07) is 0.780. The molecule has 2 aliphatic carbocycles. The molecule has 0 spiro atoms. The van der Waals surface area contributed by atoms with Gasteiger partial charge in [-0.15, -0.1) is 0 Å². The van der Waals surface area contributed by atoms with Gasteiger partial charge in [0.05, 0.1) is 0 Å². The zero-order chi connectivity index (χ0) is 10.7. The Morgan fingerprint density at radius 3 is 2.60 bits per heavy atom. The molecule has 2 aliphatic rings. The number of amides is 2. The molecule has 2 saturated carbocycles. The highest BCUT2D eigenvalue weighted by Crippen LogP contribution is 2.23. The second kappa shape index (κ2) is 4.84. The molecule has 0 aliphatic heterocycles. The Balaban J connectivity index is 1.58. The van der Waals surface area contributed by atoms with E-state index in [-0.39, 0.29) is 6.03 Å². The number of nitrogens with two attached hydrogens (primary N) is 1. The van der Waals surface area contributed by atoms with Crippen molar-refractivity contribution < 1.29 is 4.79 Å². The Labute approximate surface area is 91.0 Å². The van der Waals surface area contributed by atoms with Gasteiger partial charge >= 0.3 is 6.03 Å². The van der Waals surface area contributed by atoms with Crippen molar-refractivity contribution in [3.63, 3.8) is 0 Å². The molecule has 0 heterocycles. The Kier molecular flexibility index (Phi) is 3.46. The molecule has 2 amide bonds. The molecule has 0 radical (unpaired) electrons. The van der Waals surface area contributed by atoms with Crippen LogP contribution in [0.2, 0.25) is 0 Å². The summed E-state index contributed by atoms with van der Waals surface area (Å²) in [5.41, 5.74) is 5.81. The third-order valence-electron chi connectivity index (χ3n) is 3.57. The van der Waals surface area contributed by atoms with E-state index in [1.165, 1.54) is 6.42 Å². The van der Waals surface area contributed by atoms with Crippen molar-refractivity contribution in [1.82, 2.24) is 10.6 Å². The first-order valence-corrected chi connectivity index (χ1v) is 6.04. The molecule has 2 unspecified atom stereocenters. The summed E-state index contributed by atoms with van der Waals surface area (Å²) in [6.07, 6.45) is 6.86. The van der Waals surface area contributed by atoms with Crippen LogP contribution >= 0.6 is 0 Å². The highest BCUT2D eigenvalue weighted by atomic mass is 16.2. The van der Waals surface area contributed by atoms with Gasteiger partial charge in [-0.1, -0.05) is 0 Å². The average Bonchev–Trinajstić information content (AvgIpc) is 2.55. The van der Waals surface area contributed by atoms with Crippen LogP contribution < -0.4 is 16.4 Å². The van der Waals surface area contributed by atoms with Crippen LogP contribution in [0.25, 0.3) is 0 Å². The zero-order valence-corrected chi connectivity index (χ0v) is 9.17. The normalized spacial score (nSPS) is 31.0. The lowest BCUT2D eigenvalue weighted by Crippen LogP contribution is -2.46. The van der Waals surface area contributed by atoms with E-state index in [1.807, 2.05) is 0 Å². The summed E-state index contributed by atoms with van der Waals surface area (Å²) in [7, 11) is 0. The fourth-order valence-electron chi connectivity index (χ4n) is 2.33. The van der Waals surface area contributed by atoms with Crippen LogP contribution in [0.15, 0.2) is 0 Å². The van der Waals surface area contributed by atoms with E-state index in [4.69, 9.17) is 5.73 Å². The van der Waals surface area contributed by atoms with Crippen molar-refractivity contribution >= 4 is 6.03 Å². The SMILES string of the molecule is NC1CCC(CNC(=O)NC2CCC2)C1. The first kappa shape index (κ1) is 10.7. The number of carbonyl (C=O) groups is 1. The molecule has 2 rings (SSSR count). The lowest BCUT2D eigenvalue weighted by molar-refractivity contribution is 0.226. The standard InChI is InChI=1S/C11H21N3O/c12-9-5-4-8(6-9)7-13-11(15)14-10-2-1-3-10/h8-10H,1-7,12H2,(H2,13,14,15). The molecule has 2 fully saturated rings. The van der Waals surface area contributed by atoms with Crippen LogP contribution in [-0.2, 0) is 0 Å². The maximum Gasteiger partial charge on any atom is 0.315 e. The third kappa shape index (κ3) is 3.09. The van der Waals surface area contributed by atoms with E-state index in [0.29, 0.717) is 18.0 Å². The summed E-state index contributed by atoms with van der Waals surface area (Å²) in [5, 5.41) is 5.91. The summed E-state index contributed by atoms with van der Waals surface area (Å²) in [5.74, 6) is 0.590. The van der Waals surface area contributed by atoms with Gasteiger partial charge in [-0.25, -0.2) is 4.79 Å². The van der Waals surface area contributed by atoms with Crippen molar-refractivity contribution in [3.05, 3.63) is 0 Å². The van der Waals surface area contributed by atoms with Crippen molar-refractivity contribution in [1.29, 1.82) is 0 Å². The van der Waals surface area contributed by atoms with Gasteiger partial charge in [-0.3, -0.25) is 0 Å². The number of nitrogens with one attached hydrogen (secondary N) is 2. The molecule has 0 aromatic carbocycles. The third-order valence-corrected chi connectivity index (χ3v) is 3.57. The van der Waals surface area contributed by atoms with Gasteiger partial charge in [-0.05, 0) is 44.4 Å². The van der Waals surface area contributed by atoms with Gasteiger partial charge in [0, 0.05) is 18.6 Å². The molecule has 2 atom stereocenters. The topological polar surface area (TPSA) is 67.1 Å². The molecule has 4 N–H and O–H groups in total. The molecule has 0 bridgehead atoms. The molecule has 4 heteroatoms. The highest BCUT2D eigenvalue weighted by Gasteiger charge is 2.23. The zero-order valence-electron chi connectivity index (χ0n) is 9.17. The van der Waals surface area contributed by atoms with E-state index in [0.717, 1.165) is 38.6 Å². The van der Waals surface area contributed by atoms with Crippen LogP contribution in [0.1, 0.15) is 38.5 Å². The Bertz CT molecular complexity index is 228. The van der Waals surface area contributed by atoms with E-state index >= 15 is 0 Å². The van der Waals surface area contributed by atoms with E-state index in [2.05, 4.69) is 10.6 Å². The predicted molar refractivity (Wildman–Crippen MR) is 59.5 cm³/mol. The number of rotatable bonds is 3. The minimum Gasteiger partial charge on any atom is -0.338 e. The number of hydrogen-bond donors (Lipinski definition) is 3. The lowest BCUT2D eigenvalue weighted by atomic mass is 9.93. The largest absolute Gasteiger partial charge is 0.338 e. The molecule has 0 saturated heterocycles. The van der Waals surface area contributed by atoms with Gasteiger partial charge in [-0.2, -0.15) is 0 Å². The molecular weight excluding hydrogens is 190 g/mol. The van der Waals surface area contributed by atoms with Gasteiger partial charge in [0.15, 0.2) is 0 Å². The van der Waals surface area contributed by atoms with Crippen LogP contribution in [-0.4, -0.2) is 24.7 Å². The first-order chi connectivity index (χ1) is 7.24. The van der Waals surface area contributed by atoms with E-state index < -0.39 is 0 Å². The maximum atomic E-state index is 11.4. The van der Waals surface area contributed by atoms with E-state index in [9.17, 15) is 4.79 Å². The van der Waals surface area contributed by atoms with Crippen LogP contribution in [0.3, 0.4) is 0 Å². The van der Waals surface area contributed by atoms with Gasteiger partial charge in [0.25, 0.3) is 0 Å². The van der Waals surface area contributed by atoms with Gasteiger partial charge < -0.3 is 16.4 Å². The highest BCUT2D eigenvalue weighted by molar-refractivity contribution is 5.74. The van der Waals surface area contributed by atoms with Gasteiger partial charge in [0.1, 0.15) is 0 Å². The van der Waals surface area contributed by atoms with E-state index in [1.54, 1.807) is 0 Å². The summed E-state index contributed by atoms with van der Waals surface area (Å²) >= 11 is 0. The Morgan fingerprint density at radius 1 is 1.27 bits per heavy atom. The second-order valence-corrected chi connectivity index (χ2v) is 4.92. The fraction of sp³-hybridized carbons (Fsp3) is 0.909. The van der Waals surface area contributed by atoms with Crippen molar-refractivity contribution in [3.8, 4) is 0 Å². The second-order valence-electron chi connectivity index (χ2n) is 4.92. The Morgan fingerprint density at radius 2 is 2.07 bits per heavy atom. The monoisotopic (exact) mass is 211 g/mol. The lowest BCUT2D eigenvalue weighted by Gasteiger charge is -2.26. The Hall–Kier alpha value is -0.770. The smallest absolute Gasteiger partial charge is 0.315 e. The molecule has 4 nitrogen and oxygen atoms in total. The summed E-state index contributed by atoms with van der Waals surface area (Å²) in [4.78, 5) is 11.4. The summed E-state index contributed by atoms with van der Waals surface area (Å²) < 4.78 is 0. The van der Waals surface area contributed by atoms with Crippen LogP contribution in [0.5, 0.6) is 0 Å². The first-order valence-electron chi connectivity index (χ1n) is 6.04. The number of urea groups is 1. The van der Waals surface area contributed by atoms with Crippen LogP contribution in [0, 0.1) is 5.92 Å². The minimum absolute atomic E-state index is 0.000159. The average molecular weight is 211 g/mol. The quantitative estimate of drug-likeness (QED) is 0.651. The fourth-order valence-corrected chi connectivity index (χ4v) is 2.33. The van der Waals surface area contributed by atoms with Gasteiger partial charge in [0.2, 0.25) is 0 Å². The molecule has 0 aromatic rings. The molecule has 86 valence electrons. The molecule has 15 heavy (non-hydrogen) atoms. The molecular formula is C11H21N3O. The maximum absolute atomic E-state index is 11.4. The minimum atomic E-state index is 0.000159. The number of hydrogen-bond acceptors (Lipinski definition) is 2. The summed E-state index contributed by atoms with van der Waals surface area (Å²) in [6.45, 7) is 0.784. The van der Waals surface area contributed by atoms with Crippen LogP contribution in [0.4, 0.5) is 4.79 Å². The molecule has 0 aromatic heterocycles. The van der Waals surface area contributed by atoms with Crippen molar-refractivity contribution in [2.45, 2.75) is 50.6 Å². The van der Waals surface area contributed by atoms with Crippen molar-refractivity contribution in [2.75, 3.05) is 6.54 Å². The van der Waals surface area contributed by atoms with Crippen molar-refractivity contribution in [2.24, 2.45) is 11.7 Å². The number of carbonyl (C=O) groups excluding carboxylic acids is 1.